The van der Waals surface area contributed by atoms with Gasteiger partial charge in [0.05, 0.1) is 12.8 Å². The highest BCUT2D eigenvalue weighted by Gasteiger charge is 2.35. The summed E-state index contributed by atoms with van der Waals surface area (Å²) >= 11 is 1.38. The number of methoxy groups -OCH3 is 1. The number of carbonyl (C=O) groups is 1. The predicted molar refractivity (Wildman–Crippen MR) is 124 cm³/mol. The third-order valence-electron chi connectivity index (χ3n) is 5.44. The number of rotatable bonds is 3. The van der Waals surface area contributed by atoms with Crippen LogP contribution in [0.5, 0.6) is 11.6 Å². The van der Waals surface area contributed by atoms with Gasteiger partial charge in [-0.15, -0.1) is 10.2 Å². The van der Waals surface area contributed by atoms with Gasteiger partial charge in [-0.2, -0.15) is 4.98 Å². The van der Waals surface area contributed by atoms with Crippen LogP contribution in [0.15, 0.2) is 65.8 Å². The first kappa shape index (κ1) is 20.3. The zero-order valence-electron chi connectivity index (χ0n) is 17.8. The van der Waals surface area contributed by atoms with E-state index in [9.17, 15) is 4.79 Å². The minimum Gasteiger partial charge on any atom is -0.496 e. The Hall–Kier alpha value is -3.65. The summed E-state index contributed by atoms with van der Waals surface area (Å²) in [5, 5.41) is 10.9. The molecule has 0 radical (unpaired) electrons. The molecule has 160 valence electrons. The second-order valence-electron chi connectivity index (χ2n) is 7.23. The Labute approximate surface area is 189 Å². The number of anilines is 1. The van der Waals surface area contributed by atoms with E-state index in [0.717, 1.165) is 27.6 Å². The third kappa shape index (κ3) is 3.23. The molecule has 0 bridgehead atoms. The van der Waals surface area contributed by atoms with Gasteiger partial charge in [-0.25, -0.2) is 0 Å². The van der Waals surface area contributed by atoms with E-state index in [0.29, 0.717) is 22.4 Å². The van der Waals surface area contributed by atoms with Crippen LogP contribution in [0.25, 0.3) is 22.0 Å². The smallest absolute Gasteiger partial charge is 0.247 e. The van der Waals surface area contributed by atoms with Crippen molar-refractivity contribution in [1.29, 1.82) is 0 Å². The molecule has 2 heterocycles. The average Bonchev–Trinajstić information content (AvgIpc) is 2.97. The van der Waals surface area contributed by atoms with Crippen molar-refractivity contribution in [2.75, 3.05) is 18.3 Å². The van der Waals surface area contributed by atoms with Gasteiger partial charge in [0.25, 0.3) is 0 Å². The number of thioether (sulfide) groups is 1. The molecule has 3 aromatic carbocycles. The zero-order valence-corrected chi connectivity index (χ0v) is 18.6. The number of carbonyl (C=O) groups excluding carboxylic acids is 1. The van der Waals surface area contributed by atoms with Crippen molar-refractivity contribution in [1.82, 2.24) is 15.2 Å². The second kappa shape index (κ2) is 8.12. The number of hydrogen-bond acceptors (Lipinski definition) is 7. The second-order valence-corrected chi connectivity index (χ2v) is 8.00. The van der Waals surface area contributed by atoms with Gasteiger partial charge in [-0.1, -0.05) is 54.2 Å². The van der Waals surface area contributed by atoms with E-state index in [1.54, 1.807) is 12.0 Å². The Morgan fingerprint density at radius 1 is 1.03 bits per heavy atom. The zero-order chi connectivity index (χ0) is 22.2. The number of benzene rings is 3. The molecule has 0 N–H and O–H groups in total. The molecular weight excluding hydrogens is 424 g/mol. The Kier molecular flexibility index (Phi) is 5.14. The molecular formula is C24H20N4O3S. The van der Waals surface area contributed by atoms with E-state index in [4.69, 9.17) is 9.47 Å². The minimum atomic E-state index is -0.753. The van der Waals surface area contributed by atoms with E-state index in [1.165, 1.54) is 18.7 Å². The van der Waals surface area contributed by atoms with Crippen molar-refractivity contribution >= 4 is 34.1 Å². The number of para-hydroxylation sites is 1. The van der Waals surface area contributed by atoms with Gasteiger partial charge >= 0.3 is 0 Å². The molecule has 8 heteroatoms. The van der Waals surface area contributed by atoms with E-state index < -0.39 is 6.23 Å². The topological polar surface area (TPSA) is 77.4 Å². The Balaban J connectivity index is 1.81. The predicted octanol–water partition coefficient (Wildman–Crippen LogP) is 4.87. The molecule has 4 aromatic rings. The summed E-state index contributed by atoms with van der Waals surface area (Å²) in [6.45, 7) is 1.53. The molecule has 0 spiro atoms. The van der Waals surface area contributed by atoms with Gasteiger partial charge < -0.3 is 9.47 Å². The van der Waals surface area contributed by atoms with Crippen LogP contribution in [0, 0.1) is 0 Å². The normalized spacial score (nSPS) is 14.8. The average molecular weight is 445 g/mol. The highest BCUT2D eigenvalue weighted by molar-refractivity contribution is 7.98. The van der Waals surface area contributed by atoms with Gasteiger partial charge in [-0.3, -0.25) is 9.69 Å². The molecule has 7 nitrogen and oxygen atoms in total. The van der Waals surface area contributed by atoms with Crippen molar-refractivity contribution < 1.29 is 14.3 Å². The number of hydrogen-bond donors (Lipinski definition) is 0. The van der Waals surface area contributed by atoms with E-state index in [-0.39, 0.29) is 5.91 Å². The maximum absolute atomic E-state index is 13.0. The molecule has 0 saturated heterocycles. The molecule has 1 aromatic heterocycles. The Morgan fingerprint density at radius 3 is 2.53 bits per heavy atom. The van der Waals surface area contributed by atoms with Gasteiger partial charge in [0, 0.05) is 23.4 Å². The van der Waals surface area contributed by atoms with Crippen LogP contribution in [0.4, 0.5) is 5.69 Å². The van der Waals surface area contributed by atoms with Gasteiger partial charge in [0.2, 0.25) is 23.2 Å². The first-order chi connectivity index (χ1) is 15.6. The first-order valence-corrected chi connectivity index (χ1v) is 11.2. The van der Waals surface area contributed by atoms with Gasteiger partial charge in [0.15, 0.2) is 5.69 Å². The summed E-state index contributed by atoms with van der Waals surface area (Å²) in [7, 11) is 1.64. The highest BCUT2D eigenvalue weighted by Crippen LogP contribution is 2.45. The molecule has 1 unspecified atom stereocenters. The summed E-state index contributed by atoms with van der Waals surface area (Å²) < 4.78 is 12.0. The van der Waals surface area contributed by atoms with Crippen LogP contribution in [-0.4, -0.2) is 34.5 Å². The standard InChI is InChI=1S/C24H20N4O3S/c1-14(29)28-19-11-7-6-10-18(19)21-22(25-24(32-3)27-26-21)31-23(28)17-12-13-20(30-2)16-9-5-4-8-15(16)17/h4-13,23H,1-3H3. The third-order valence-corrected chi connectivity index (χ3v) is 5.98. The highest BCUT2D eigenvalue weighted by atomic mass is 32.2. The van der Waals surface area contributed by atoms with Crippen molar-refractivity contribution in [2.24, 2.45) is 0 Å². The molecule has 0 fully saturated rings. The minimum absolute atomic E-state index is 0.159. The fourth-order valence-electron chi connectivity index (χ4n) is 4.03. The summed E-state index contributed by atoms with van der Waals surface area (Å²) in [5.41, 5.74) is 2.76. The van der Waals surface area contributed by atoms with Crippen LogP contribution in [0.2, 0.25) is 0 Å². The molecule has 1 aliphatic rings. The Morgan fingerprint density at radius 2 is 1.78 bits per heavy atom. The molecule has 0 aliphatic carbocycles. The maximum Gasteiger partial charge on any atom is 0.247 e. The SMILES string of the molecule is COc1ccc(C2Oc3nc(SC)nnc3-c3ccccc3N2C(C)=O)c2ccccc12. The summed E-state index contributed by atoms with van der Waals surface area (Å²) in [6.07, 6.45) is 1.13. The summed E-state index contributed by atoms with van der Waals surface area (Å²) in [4.78, 5) is 19.2. The lowest BCUT2D eigenvalue weighted by Crippen LogP contribution is -2.36. The van der Waals surface area contributed by atoms with Crippen LogP contribution >= 0.6 is 11.8 Å². The lowest BCUT2D eigenvalue weighted by molar-refractivity contribution is -0.118. The molecule has 1 amide bonds. The number of ether oxygens (including phenoxy) is 2. The molecule has 1 atom stereocenters. The quantitative estimate of drug-likeness (QED) is 0.417. The monoisotopic (exact) mass is 444 g/mol. The number of aromatic nitrogens is 3. The van der Waals surface area contributed by atoms with Crippen LogP contribution < -0.4 is 14.4 Å². The first-order valence-electron chi connectivity index (χ1n) is 10.0. The summed E-state index contributed by atoms with van der Waals surface area (Å²) in [6, 6.07) is 19.3. The van der Waals surface area contributed by atoms with Crippen molar-refractivity contribution in [2.45, 2.75) is 18.3 Å². The molecule has 1 aliphatic heterocycles. The number of nitrogens with zero attached hydrogens (tertiary/aromatic N) is 4. The van der Waals surface area contributed by atoms with Crippen molar-refractivity contribution in [3.8, 4) is 22.9 Å². The van der Waals surface area contributed by atoms with Crippen molar-refractivity contribution in [3.05, 3.63) is 66.2 Å². The largest absolute Gasteiger partial charge is 0.496 e. The van der Waals surface area contributed by atoms with Crippen LogP contribution in [-0.2, 0) is 4.79 Å². The van der Waals surface area contributed by atoms with E-state index in [1.807, 2.05) is 66.9 Å². The van der Waals surface area contributed by atoms with Crippen LogP contribution in [0.3, 0.4) is 0 Å². The Bertz CT molecular complexity index is 1340. The lowest BCUT2D eigenvalue weighted by atomic mass is 10.0. The van der Waals surface area contributed by atoms with Gasteiger partial charge in [-0.05, 0) is 29.8 Å². The maximum atomic E-state index is 13.0. The number of amides is 1. The van der Waals surface area contributed by atoms with E-state index in [2.05, 4.69) is 15.2 Å². The molecule has 5 rings (SSSR count). The molecule has 0 saturated carbocycles. The molecule has 32 heavy (non-hydrogen) atoms. The number of fused-ring (bicyclic) bond motifs is 4. The lowest BCUT2D eigenvalue weighted by Gasteiger charge is -2.30. The van der Waals surface area contributed by atoms with Crippen molar-refractivity contribution in [3.63, 3.8) is 0 Å². The fourth-order valence-corrected chi connectivity index (χ4v) is 4.33. The van der Waals surface area contributed by atoms with Gasteiger partial charge in [0.1, 0.15) is 5.75 Å². The van der Waals surface area contributed by atoms with Crippen LogP contribution in [0.1, 0.15) is 18.7 Å². The summed E-state index contributed by atoms with van der Waals surface area (Å²) in [5.74, 6) is 0.931. The van der Waals surface area contributed by atoms with E-state index >= 15 is 0 Å². The fraction of sp³-hybridized carbons (Fsp3) is 0.167.